The van der Waals surface area contributed by atoms with Gasteiger partial charge in [-0.05, 0) is 38.2 Å². The Morgan fingerprint density at radius 3 is 2.83 bits per heavy atom. The molecule has 0 spiro atoms. The van der Waals surface area contributed by atoms with Crippen LogP contribution in [-0.2, 0) is 0 Å². The first kappa shape index (κ1) is 19.2. The molecule has 0 atom stereocenters. The smallest absolute Gasteiger partial charge is 0.165 e. The minimum Gasteiger partial charge on any atom is -0.369 e. The van der Waals surface area contributed by atoms with E-state index in [-0.39, 0.29) is 0 Å². The van der Waals surface area contributed by atoms with E-state index in [1.807, 2.05) is 30.6 Å². The van der Waals surface area contributed by atoms with Crippen molar-refractivity contribution in [2.24, 2.45) is 0 Å². The molecule has 0 bridgehead atoms. The highest BCUT2D eigenvalue weighted by Crippen LogP contribution is 2.36. The molecule has 0 amide bonds. The number of aromatic nitrogens is 4. The molecule has 0 radical (unpaired) electrons. The lowest BCUT2D eigenvalue weighted by Crippen LogP contribution is -2.13. The van der Waals surface area contributed by atoms with Crippen molar-refractivity contribution in [1.82, 2.24) is 25.3 Å². The molecule has 0 saturated carbocycles. The van der Waals surface area contributed by atoms with Crippen LogP contribution in [0.2, 0.25) is 0 Å². The molecular formula is C20H20FN7S. The summed E-state index contributed by atoms with van der Waals surface area (Å²) in [6.07, 6.45) is 5.36. The first-order valence-electron chi connectivity index (χ1n) is 9.22. The molecule has 4 aromatic rings. The normalized spacial score (nSPS) is 11.0. The van der Waals surface area contributed by atoms with Crippen molar-refractivity contribution < 1.29 is 4.39 Å². The molecule has 4 heterocycles. The molecule has 0 aliphatic rings. The number of anilines is 3. The summed E-state index contributed by atoms with van der Waals surface area (Å²) in [5.41, 5.74) is 1.84. The zero-order chi connectivity index (χ0) is 20.1. The van der Waals surface area contributed by atoms with Crippen LogP contribution in [0.5, 0.6) is 0 Å². The third-order valence-electron chi connectivity index (χ3n) is 4.25. The molecule has 0 aliphatic carbocycles. The third-order valence-corrected chi connectivity index (χ3v) is 5.23. The van der Waals surface area contributed by atoms with Crippen molar-refractivity contribution in [3.8, 4) is 11.4 Å². The van der Waals surface area contributed by atoms with E-state index >= 15 is 0 Å². The van der Waals surface area contributed by atoms with Gasteiger partial charge < -0.3 is 16.0 Å². The number of halogens is 1. The summed E-state index contributed by atoms with van der Waals surface area (Å²) in [6.45, 7) is 1.64. The summed E-state index contributed by atoms with van der Waals surface area (Å²) in [5.74, 6) is 1.26. The van der Waals surface area contributed by atoms with E-state index in [1.54, 1.807) is 12.3 Å². The zero-order valence-electron chi connectivity index (χ0n) is 15.8. The molecule has 148 valence electrons. The molecule has 0 fully saturated rings. The van der Waals surface area contributed by atoms with Gasteiger partial charge in [0, 0.05) is 24.3 Å². The Labute approximate surface area is 171 Å². The molecule has 0 unspecified atom stereocenters. The fourth-order valence-electron chi connectivity index (χ4n) is 2.85. The number of hydrogen-bond donors (Lipinski definition) is 3. The standard InChI is InChI=1S/C20H20FN7S/c1-22-7-4-9-25-20-18-17(15(12-29-18)26-16-5-2-3-8-24-16)27-19(28-20)13-6-10-23-11-14(13)21/h2-3,5-6,8,10-12,22H,4,7,9H2,1H3,(H,24,26)(H,25,27,28). The van der Waals surface area contributed by atoms with E-state index in [0.717, 1.165) is 35.4 Å². The molecule has 3 N–H and O–H groups in total. The Morgan fingerprint density at radius 2 is 2.03 bits per heavy atom. The minimum atomic E-state index is -0.456. The second-order valence-electron chi connectivity index (χ2n) is 6.30. The van der Waals surface area contributed by atoms with Gasteiger partial charge in [-0.25, -0.2) is 19.3 Å². The van der Waals surface area contributed by atoms with E-state index < -0.39 is 5.82 Å². The minimum absolute atomic E-state index is 0.315. The second kappa shape index (κ2) is 8.89. The van der Waals surface area contributed by atoms with Gasteiger partial charge in [-0.3, -0.25) is 4.98 Å². The Kier molecular flexibility index (Phi) is 5.87. The maximum atomic E-state index is 14.3. The first-order chi connectivity index (χ1) is 14.3. The van der Waals surface area contributed by atoms with Gasteiger partial charge >= 0.3 is 0 Å². The van der Waals surface area contributed by atoms with Crippen LogP contribution >= 0.6 is 11.3 Å². The van der Waals surface area contributed by atoms with Gasteiger partial charge in [-0.1, -0.05) is 6.07 Å². The maximum absolute atomic E-state index is 14.3. The Bertz CT molecular complexity index is 1100. The lowest BCUT2D eigenvalue weighted by Gasteiger charge is -2.10. The van der Waals surface area contributed by atoms with Crippen molar-refractivity contribution in [2.45, 2.75) is 6.42 Å². The van der Waals surface area contributed by atoms with Crippen molar-refractivity contribution in [2.75, 3.05) is 30.8 Å². The third kappa shape index (κ3) is 4.30. The average Bonchev–Trinajstić information content (AvgIpc) is 3.15. The van der Waals surface area contributed by atoms with Gasteiger partial charge in [0.2, 0.25) is 0 Å². The number of hydrogen-bond acceptors (Lipinski definition) is 8. The van der Waals surface area contributed by atoms with Crippen LogP contribution in [0.4, 0.5) is 21.7 Å². The number of pyridine rings is 2. The molecule has 0 aromatic carbocycles. The molecule has 4 rings (SSSR count). The van der Waals surface area contributed by atoms with Crippen LogP contribution in [0.25, 0.3) is 21.6 Å². The summed E-state index contributed by atoms with van der Waals surface area (Å²) in [6, 6.07) is 7.23. The van der Waals surface area contributed by atoms with Crippen LogP contribution in [0.1, 0.15) is 6.42 Å². The lowest BCUT2D eigenvalue weighted by atomic mass is 10.2. The van der Waals surface area contributed by atoms with Crippen molar-refractivity contribution in [1.29, 1.82) is 0 Å². The summed E-state index contributed by atoms with van der Waals surface area (Å²) in [5, 5.41) is 11.8. The van der Waals surface area contributed by atoms with Crippen LogP contribution in [-0.4, -0.2) is 40.1 Å². The molecule has 0 saturated heterocycles. The molecule has 4 aromatic heterocycles. The van der Waals surface area contributed by atoms with Crippen LogP contribution in [0.3, 0.4) is 0 Å². The monoisotopic (exact) mass is 409 g/mol. The molecular weight excluding hydrogens is 389 g/mol. The highest BCUT2D eigenvalue weighted by Gasteiger charge is 2.17. The van der Waals surface area contributed by atoms with E-state index in [1.165, 1.54) is 23.7 Å². The largest absolute Gasteiger partial charge is 0.369 e. The average molecular weight is 409 g/mol. The molecule has 7 nitrogen and oxygen atoms in total. The van der Waals surface area contributed by atoms with Crippen LogP contribution in [0, 0.1) is 5.82 Å². The van der Waals surface area contributed by atoms with E-state index in [0.29, 0.717) is 23.0 Å². The summed E-state index contributed by atoms with van der Waals surface area (Å²) in [7, 11) is 1.92. The van der Waals surface area contributed by atoms with Crippen molar-refractivity contribution >= 4 is 38.9 Å². The zero-order valence-corrected chi connectivity index (χ0v) is 16.6. The molecule has 9 heteroatoms. The van der Waals surface area contributed by atoms with E-state index in [4.69, 9.17) is 0 Å². The number of thiophene rings is 1. The van der Waals surface area contributed by atoms with Crippen LogP contribution < -0.4 is 16.0 Å². The number of fused-ring (bicyclic) bond motifs is 1. The van der Waals surface area contributed by atoms with Gasteiger partial charge in [-0.2, -0.15) is 0 Å². The van der Waals surface area contributed by atoms with Gasteiger partial charge in [0.15, 0.2) is 11.6 Å². The van der Waals surface area contributed by atoms with Crippen molar-refractivity contribution in [3.05, 3.63) is 54.1 Å². The summed E-state index contributed by atoms with van der Waals surface area (Å²) < 4.78 is 15.2. The fraction of sp³-hybridized carbons (Fsp3) is 0.200. The van der Waals surface area contributed by atoms with E-state index in [2.05, 4.69) is 35.9 Å². The maximum Gasteiger partial charge on any atom is 0.165 e. The quantitative estimate of drug-likeness (QED) is 0.378. The van der Waals surface area contributed by atoms with Gasteiger partial charge in [0.25, 0.3) is 0 Å². The number of rotatable bonds is 8. The van der Waals surface area contributed by atoms with Gasteiger partial charge in [-0.15, -0.1) is 11.3 Å². The molecule has 0 aliphatic heterocycles. The number of nitrogens with one attached hydrogen (secondary N) is 3. The topological polar surface area (TPSA) is 87.7 Å². The highest BCUT2D eigenvalue weighted by atomic mass is 32.1. The second-order valence-corrected chi connectivity index (χ2v) is 7.18. The van der Waals surface area contributed by atoms with E-state index in [9.17, 15) is 4.39 Å². The number of nitrogens with zero attached hydrogens (tertiary/aromatic N) is 4. The predicted octanol–water partition coefficient (Wildman–Crippen LogP) is 4.05. The Hall–Kier alpha value is -3.17. The first-order valence-corrected chi connectivity index (χ1v) is 10.1. The lowest BCUT2D eigenvalue weighted by molar-refractivity contribution is 0.623. The van der Waals surface area contributed by atoms with Crippen LogP contribution in [0.15, 0.2) is 48.2 Å². The SMILES string of the molecule is CNCCCNc1nc(-c2ccncc2F)nc2c(Nc3ccccn3)csc12. The fourth-order valence-corrected chi connectivity index (χ4v) is 3.75. The van der Waals surface area contributed by atoms with Gasteiger partial charge in [0.1, 0.15) is 17.2 Å². The van der Waals surface area contributed by atoms with Gasteiger partial charge in [0.05, 0.1) is 22.1 Å². The predicted molar refractivity (Wildman–Crippen MR) is 115 cm³/mol. The Morgan fingerprint density at radius 1 is 1.10 bits per heavy atom. The molecule has 29 heavy (non-hydrogen) atoms. The summed E-state index contributed by atoms with van der Waals surface area (Å²) >= 11 is 1.53. The summed E-state index contributed by atoms with van der Waals surface area (Å²) in [4.78, 5) is 17.4. The highest BCUT2D eigenvalue weighted by molar-refractivity contribution is 7.18. The van der Waals surface area contributed by atoms with Crippen molar-refractivity contribution in [3.63, 3.8) is 0 Å². The Balaban J connectivity index is 1.77.